The molecular weight excluding hydrogens is 262 g/mol. The number of nitrogens with zero attached hydrogens (tertiary/aromatic N) is 2. The molecule has 0 aromatic rings. The minimum absolute atomic E-state index is 0.00434. The Kier molecular flexibility index (Phi) is 4.82. The van der Waals surface area contributed by atoms with E-state index in [1.54, 1.807) is 4.90 Å². The van der Waals surface area contributed by atoms with E-state index < -0.39 is 11.9 Å². The predicted octanol–water partition coefficient (Wildman–Crippen LogP) is -0.321. The van der Waals surface area contributed by atoms with Crippen LogP contribution in [0.4, 0.5) is 4.79 Å². The molecule has 2 saturated heterocycles. The summed E-state index contributed by atoms with van der Waals surface area (Å²) in [6, 6.07) is -0.197. The van der Waals surface area contributed by atoms with Crippen LogP contribution < -0.4 is 5.32 Å². The van der Waals surface area contributed by atoms with Gasteiger partial charge in [0, 0.05) is 32.7 Å². The van der Waals surface area contributed by atoms with Crippen LogP contribution in [0.1, 0.15) is 6.92 Å². The van der Waals surface area contributed by atoms with E-state index in [0.29, 0.717) is 19.7 Å². The molecule has 7 heteroatoms. The minimum Gasteiger partial charge on any atom is -0.481 e. The molecule has 114 valence electrons. The van der Waals surface area contributed by atoms with Crippen molar-refractivity contribution in [3.8, 4) is 0 Å². The van der Waals surface area contributed by atoms with Crippen molar-refractivity contribution in [1.82, 2.24) is 15.1 Å². The second-order valence-electron chi connectivity index (χ2n) is 5.77. The molecule has 0 aliphatic carbocycles. The van der Waals surface area contributed by atoms with Crippen molar-refractivity contribution in [3.63, 3.8) is 0 Å². The Morgan fingerprint density at radius 3 is 2.70 bits per heavy atom. The van der Waals surface area contributed by atoms with Crippen LogP contribution in [0, 0.1) is 11.8 Å². The lowest BCUT2D eigenvalue weighted by Gasteiger charge is -2.30. The van der Waals surface area contributed by atoms with Crippen LogP contribution in [-0.4, -0.2) is 79.4 Å². The second-order valence-corrected chi connectivity index (χ2v) is 5.77. The number of rotatable bonds is 3. The van der Waals surface area contributed by atoms with Gasteiger partial charge in [0.2, 0.25) is 0 Å². The molecule has 2 heterocycles. The standard InChI is InChI=1S/C13H23N3O4/c1-9-6-16(8-11(9)12(17)18)13(19)14-5-10-7-15(2)3-4-20-10/h9-11H,3-8H2,1-2H3,(H,14,19)(H,17,18). The molecule has 0 aromatic heterocycles. The maximum absolute atomic E-state index is 12.0. The van der Waals surface area contributed by atoms with Crippen molar-refractivity contribution in [2.24, 2.45) is 11.8 Å². The van der Waals surface area contributed by atoms with Gasteiger partial charge in [-0.25, -0.2) is 4.79 Å². The molecule has 3 atom stereocenters. The number of carbonyl (C=O) groups is 2. The van der Waals surface area contributed by atoms with Crippen LogP contribution >= 0.6 is 0 Å². The number of likely N-dealkylation sites (N-methyl/N-ethyl adjacent to an activating group) is 1. The maximum Gasteiger partial charge on any atom is 0.317 e. The number of likely N-dealkylation sites (tertiary alicyclic amines) is 1. The van der Waals surface area contributed by atoms with E-state index in [-0.39, 0.29) is 24.6 Å². The summed E-state index contributed by atoms with van der Waals surface area (Å²) in [6.07, 6.45) is 0.00740. The summed E-state index contributed by atoms with van der Waals surface area (Å²) >= 11 is 0. The fourth-order valence-corrected chi connectivity index (χ4v) is 2.76. The molecular formula is C13H23N3O4. The number of morpholine rings is 1. The Morgan fingerprint density at radius 1 is 1.35 bits per heavy atom. The lowest BCUT2D eigenvalue weighted by Crippen LogP contribution is -2.48. The predicted molar refractivity (Wildman–Crippen MR) is 72.5 cm³/mol. The third kappa shape index (κ3) is 3.61. The molecule has 2 aliphatic rings. The molecule has 3 unspecified atom stereocenters. The molecule has 2 N–H and O–H groups in total. The lowest BCUT2D eigenvalue weighted by molar-refractivity contribution is -0.142. The summed E-state index contributed by atoms with van der Waals surface area (Å²) < 4.78 is 5.57. The molecule has 2 amide bonds. The number of aliphatic carboxylic acids is 1. The third-order valence-corrected chi connectivity index (χ3v) is 4.04. The number of urea groups is 1. The highest BCUT2D eigenvalue weighted by molar-refractivity contribution is 5.77. The molecule has 0 saturated carbocycles. The van der Waals surface area contributed by atoms with Crippen molar-refractivity contribution >= 4 is 12.0 Å². The Morgan fingerprint density at radius 2 is 2.10 bits per heavy atom. The van der Waals surface area contributed by atoms with Gasteiger partial charge < -0.3 is 25.0 Å². The van der Waals surface area contributed by atoms with E-state index >= 15 is 0 Å². The quantitative estimate of drug-likeness (QED) is 0.742. The number of carboxylic acids is 1. The normalized spacial score (nSPS) is 31.3. The van der Waals surface area contributed by atoms with Gasteiger partial charge >= 0.3 is 12.0 Å². The van der Waals surface area contributed by atoms with Gasteiger partial charge in [-0.05, 0) is 13.0 Å². The summed E-state index contributed by atoms with van der Waals surface area (Å²) in [5.74, 6) is -1.29. The number of carbonyl (C=O) groups excluding carboxylic acids is 1. The van der Waals surface area contributed by atoms with E-state index in [9.17, 15) is 9.59 Å². The Bertz CT molecular complexity index is 377. The molecule has 0 aromatic carbocycles. The summed E-state index contributed by atoms with van der Waals surface area (Å²) in [5, 5.41) is 11.9. The van der Waals surface area contributed by atoms with Crippen LogP contribution in [0.2, 0.25) is 0 Å². The van der Waals surface area contributed by atoms with Crippen LogP contribution in [-0.2, 0) is 9.53 Å². The number of hydrogen-bond acceptors (Lipinski definition) is 4. The summed E-state index contributed by atoms with van der Waals surface area (Å²) in [5.41, 5.74) is 0. The summed E-state index contributed by atoms with van der Waals surface area (Å²) in [4.78, 5) is 26.8. The number of carboxylic acid groups (broad SMARTS) is 1. The highest BCUT2D eigenvalue weighted by Crippen LogP contribution is 2.22. The maximum atomic E-state index is 12.0. The molecule has 2 aliphatic heterocycles. The third-order valence-electron chi connectivity index (χ3n) is 4.04. The number of amides is 2. The van der Waals surface area contributed by atoms with E-state index in [0.717, 1.165) is 13.1 Å². The smallest absolute Gasteiger partial charge is 0.317 e. The lowest BCUT2D eigenvalue weighted by atomic mass is 9.99. The van der Waals surface area contributed by atoms with Crippen molar-refractivity contribution in [3.05, 3.63) is 0 Å². The SMILES string of the molecule is CC1CN(C(=O)NCC2CN(C)CCO2)CC1C(=O)O. The summed E-state index contributed by atoms with van der Waals surface area (Å²) in [6.45, 7) is 5.50. The number of hydrogen-bond donors (Lipinski definition) is 2. The van der Waals surface area contributed by atoms with Crippen LogP contribution in [0.25, 0.3) is 0 Å². The topological polar surface area (TPSA) is 82.1 Å². The highest BCUT2D eigenvalue weighted by atomic mass is 16.5. The fourth-order valence-electron chi connectivity index (χ4n) is 2.76. The van der Waals surface area contributed by atoms with Gasteiger partial charge in [-0.15, -0.1) is 0 Å². The first-order chi connectivity index (χ1) is 9.47. The second kappa shape index (κ2) is 6.41. The first kappa shape index (κ1) is 15.1. The number of ether oxygens (including phenoxy) is 1. The Balaban J connectivity index is 1.76. The Labute approximate surface area is 118 Å². The van der Waals surface area contributed by atoms with Gasteiger partial charge in [0.15, 0.2) is 0 Å². The summed E-state index contributed by atoms with van der Waals surface area (Å²) in [7, 11) is 2.02. The molecule has 2 rings (SSSR count). The highest BCUT2D eigenvalue weighted by Gasteiger charge is 2.37. The van der Waals surface area contributed by atoms with Crippen LogP contribution in [0.5, 0.6) is 0 Å². The van der Waals surface area contributed by atoms with Crippen molar-refractivity contribution in [1.29, 1.82) is 0 Å². The zero-order valence-electron chi connectivity index (χ0n) is 12.0. The van der Waals surface area contributed by atoms with E-state index in [4.69, 9.17) is 9.84 Å². The average Bonchev–Trinajstić information content (AvgIpc) is 2.78. The van der Waals surface area contributed by atoms with E-state index in [1.807, 2.05) is 14.0 Å². The monoisotopic (exact) mass is 285 g/mol. The van der Waals surface area contributed by atoms with Gasteiger partial charge in [0.25, 0.3) is 0 Å². The Hall–Kier alpha value is -1.34. The number of nitrogens with one attached hydrogen (secondary N) is 1. The first-order valence-corrected chi connectivity index (χ1v) is 7.03. The van der Waals surface area contributed by atoms with Gasteiger partial charge in [-0.3, -0.25) is 4.79 Å². The van der Waals surface area contributed by atoms with Gasteiger partial charge in [-0.1, -0.05) is 6.92 Å². The van der Waals surface area contributed by atoms with Crippen LogP contribution in [0.15, 0.2) is 0 Å². The largest absolute Gasteiger partial charge is 0.481 e. The van der Waals surface area contributed by atoms with Gasteiger partial charge in [-0.2, -0.15) is 0 Å². The molecule has 0 radical (unpaired) electrons. The van der Waals surface area contributed by atoms with Crippen molar-refractivity contribution in [2.75, 3.05) is 46.4 Å². The van der Waals surface area contributed by atoms with Crippen LogP contribution in [0.3, 0.4) is 0 Å². The minimum atomic E-state index is -0.829. The zero-order chi connectivity index (χ0) is 14.7. The van der Waals surface area contributed by atoms with E-state index in [2.05, 4.69) is 10.2 Å². The first-order valence-electron chi connectivity index (χ1n) is 7.03. The molecule has 2 fully saturated rings. The molecule has 7 nitrogen and oxygen atoms in total. The van der Waals surface area contributed by atoms with Gasteiger partial charge in [0.1, 0.15) is 0 Å². The van der Waals surface area contributed by atoms with Gasteiger partial charge in [0.05, 0.1) is 18.6 Å². The zero-order valence-corrected chi connectivity index (χ0v) is 12.0. The molecule has 0 spiro atoms. The van der Waals surface area contributed by atoms with E-state index in [1.165, 1.54) is 0 Å². The molecule has 0 bridgehead atoms. The van der Waals surface area contributed by atoms with Crippen molar-refractivity contribution in [2.45, 2.75) is 13.0 Å². The van der Waals surface area contributed by atoms with Crippen molar-refractivity contribution < 1.29 is 19.4 Å². The molecule has 20 heavy (non-hydrogen) atoms. The fraction of sp³-hybridized carbons (Fsp3) is 0.846. The average molecular weight is 285 g/mol.